The fourth-order valence-electron chi connectivity index (χ4n) is 3.83. The molecule has 2 fully saturated rings. The van der Waals surface area contributed by atoms with Crippen molar-refractivity contribution in [3.05, 3.63) is 12.2 Å². The summed E-state index contributed by atoms with van der Waals surface area (Å²) in [5.74, 6) is 2.95. The largest absolute Gasteiger partial charge is 0.462 e. The van der Waals surface area contributed by atoms with Crippen LogP contribution in [0.25, 0.3) is 0 Å². The SMILES string of the molecule is CC(=O)O[C@H]1C[C@@H]2C[C@@H]1[C@H]1C=CC[C@@H]21. The van der Waals surface area contributed by atoms with E-state index in [0.717, 1.165) is 24.2 Å². The third-order valence-corrected chi connectivity index (χ3v) is 4.27. The predicted molar refractivity (Wildman–Crippen MR) is 52.5 cm³/mol. The van der Waals surface area contributed by atoms with E-state index in [0.29, 0.717) is 5.92 Å². The van der Waals surface area contributed by atoms with Crippen LogP contribution in [0.4, 0.5) is 0 Å². The van der Waals surface area contributed by atoms with Crippen LogP contribution in [0.1, 0.15) is 26.2 Å². The molecule has 76 valence electrons. The normalized spacial score (nSPS) is 48.2. The zero-order chi connectivity index (χ0) is 9.71. The summed E-state index contributed by atoms with van der Waals surface area (Å²) in [4.78, 5) is 10.9. The van der Waals surface area contributed by atoms with E-state index in [1.54, 1.807) is 0 Å². The first kappa shape index (κ1) is 8.51. The van der Waals surface area contributed by atoms with Gasteiger partial charge in [0.1, 0.15) is 6.10 Å². The fraction of sp³-hybridized carbons (Fsp3) is 0.750. The lowest BCUT2D eigenvalue weighted by atomic mass is 9.80. The van der Waals surface area contributed by atoms with E-state index in [1.165, 1.54) is 19.8 Å². The molecule has 0 unspecified atom stereocenters. The minimum absolute atomic E-state index is 0.110. The molecule has 0 saturated heterocycles. The van der Waals surface area contributed by atoms with Crippen LogP contribution < -0.4 is 0 Å². The second kappa shape index (κ2) is 2.85. The van der Waals surface area contributed by atoms with Gasteiger partial charge in [-0.05, 0) is 37.0 Å². The molecule has 2 saturated carbocycles. The Kier molecular flexibility index (Phi) is 1.73. The predicted octanol–water partition coefficient (Wildman–Crippen LogP) is 2.15. The fourth-order valence-corrected chi connectivity index (χ4v) is 3.83. The van der Waals surface area contributed by atoms with Crippen molar-refractivity contribution in [3.8, 4) is 0 Å². The van der Waals surface area contributed by atoms with Crippen LogP contribution in [0.2, 0.25) is 0 Å². The Morgan fingerprint density at radius 3 is 3.00 bits per heavy atom. The standard InChI is InChI=1S/C12H16O2/c1-7(13)14-12-6-8-5-11(12)10-4-2-3-9(8)10/h2,4,8-12H,3,5-6H2,1H3/t8-,9-,10-,11+,12-/m0/s1. The van der Waals surface area contributed by atoms with Gasteiger partial charge in [-0.15, -0.1) is 0 Å². The lowest BCUT2D eigenvalue weighted by Crippen LogP contribution is -2.31. The van der Waals surface area contributed by atoms with Crippen LogP contribution in [-0.2, 0) is 9.53 Å². The van der Waals surface area contributed by atoms with Gasteiger partial charge < -0.3 is 4.74 Å². The molecule has 0 radical (unpaired) electrons. The molecule has 0 heterocycles. The first-order valence-electron chi connectivity index (χ1n) is 5.59. The number of hydrogen-bond donors (Lipinski definition) is 0. The molecule has 3 aliphatic carbocycles. The number of allylic oxidation sites excluding steroid dienone is 2. The topological polar surface area (TPSA) is 26.3 Å². The first-order chi connectivity index (χ1) is 6.75. The summed E-state index contributed by atoms with van der Waals surface area (Å²) in [7, 11) is 0. The summed E-state index contributed by atoms with van der Waals surface area (Å²) in [6.07, 6.45) is 8.56. The van der Waals surface area contributed by atoms with Gasteiger partial charge >= 0.3 is 5.97 Å². The first-order valence-corrected chi connectivity index (χ1v) is 5.59. The van der Waals surface area contributed by atoms with Crippen LogP contribution in [0.5, 0.6) is 0 Å². The third kappa shape index (κ3) is 1.06. The highest BCUT2D eigenvalue weighted by atomic mass is 16.5. The number of carbonyl (C=O) groups excluding carboxylic acids is 1. The molecule has 2 bridgehead atoms. The molecular formula is C12H16O2. The highest BCUT2D eigenvalue weighted by Crippen LogP contribution is 2.57. The molecule has 0 aromatic heterocycles. The monoisotopic (exact) mass is 192 g/mol. The molecular weight excluding hydrogens is 176 g/mol. The summed E-state index contributed by atoms with van der Waals surface area (Å²) in [6, 6.07) is 0. The smallest absolute Gasteiger partial charge is 0.302 e. The van der Waals surface area contributed by atoms with Crippen molar-refractivity contribution >= 4 is 5.97 Å². The van der Waals surface area contributed by atoms with Crippen molar-refractivity contribution in [1.82, 2.24) is 0 Å². The van der Waals surface area contributed by atoms with E-state index in [4.69, 9.17) is 4.74 Å². The van der Waals surface area contributed by atoms with Gasteiger partial charge in [0.15, 0.2) is 0 Å². The summed E-state index contributed by atoms with van der Waals surface area (Å²) in [5, 5.41) is 0. The minimum Gasteiger partial charge on any atom is -0.462 e. The third-order valence-electron chi connectivity index (χ3n) is 4.27. The van der Waals surface area contributed by atoms with Gasteiger partial charge in [-0.25, -0.2) is 0 Å². The van der Waals surface area contributed by atoms with Gasteiger partial charge in [0.05, 0.1) is 0 Å². The maximum absolute atomic E-state index is 10.9. The lowest BCUT2D eigenvalue weighted by molar-refractivity contribution is -0.149. The highest BCUT2D eigenvalue weighted by Gasteiger charge is 2.53. The zero-order valence-corrected chi connectivity index (χ0v) is 8.48. The number of ether oxygens (including phenoxy) is 1. The molecule has 0 spiro atoms. The van der Waals surface area contributed by atoms with Crippen LogP contribution in [0.15, 0.2) is 12.2 Å². The van der Waals surface area contributed by atoms with E-state index < -0.39 is 0 Å². The van der Waals surface area contributed by atoms with Crippen LogP contribution >= 0.6 is 0 Å². The molecule has 14 heavy (non-hydrogen) atoms. The van der Waals surface area contributed by atoms with Crippen molar-refractivity contribution in [3.63, 3.8) is 0 Å². The summed E-state index contributed by atoms with van der Waals surface area (Å²) >= 11 is 0. The molecule has 3 aliphatic rings. The van der Waals surface area contributed by atoms with E-state index in [-0.39, 0.29) is 12.1 Å². The Balaban J connectivity index is 1.76. The minimum atomic E-state index is -0.110. The molecule has 0 amide bonds. The Labute approximate surface area is 84.3 Å². The van der Waals surface area contributed by atoms with Gasteiger partial charge in [0.25, 0.3) is 0 Å². The van der Waals surface area contributed by atoms with E-state index in [9.17, 15) is 4.79 Å². The molecule has 0 N–H and O–H groups in total. The number of esters is 1. The van der Waals surface area contributed by atoms with Crippen molar-refractivity contribution in [2.45, 2.75) is 32.3 Å². The number of hydrogen-bond acceptors (Lipinski definition) is 2. The molecule has 2 nitrogen and oxygen atoms in total. The molecule has 0 aromatic rings. The van der Waals surface area contributed by atoms with E-state index in [1.807, 2.05) is 0 Å². The second-order valence-electron chi connectivity index (χ2n) is 4.95. The summed E-state index contributed by atoms with van der Waals surface area (Å²) in [5.41, 5.74) is 0. The maximum Gasteiger partial charge on any atom is 0.302 e. The lowest BCUT2D eigenvalue weighted by Gasteiger charge is -2.30. The van der Waals surface area contributed by atoms with Crippen molar-refractivity contribution in [2.24, 2.45) is 23.7 Å². The Bertz CT molecular complexity index is 295. The number of fused-ring (bicyclic) bond motifs is 5. The average Bonchev–Trinajstić information content (AvgIpc) is 2.68. The summed E-state index contributed by atoms with van der Waals surface area (Å²) in [6.45, 7) is 1.52. The van der Waals surface area contributed by atoms with Gasteiger partial charge in [-0.3, -0.25) is 4.79 Å². The van der Waals surface area contributed by atoms with E-state index in [2.05, 4.69) is 12.2 Å². The molecule has 5 atom stereocenters. The van der Waals surface area contributed by atoms with Crippen LogP contribution in [0.3, 0.4) is 0 Å². The molecule has 0 aromatic carbocycles. The molecule has 0 aliphatic heterocycles. The maximum atomic E-state index is 10.9. The Morgan fingerprint density at radius 2 is 2.21 bits per heavy atom. The van der Waals surface area contributed by atoms with Crippen molar-refractivity contribution in [1.29, 1.82) is 0 Å². The molecule has 2 heteroatoms. The van der Waals surface area contributed by atoms with Crippen molar-refractivity contribution < 1.29 is 9.53 Å². The Morgan fingerprint density at radius 1 is 1.36 bits per heavy atom. The number of rotatable bonds is 1. The number of carbonyl (C=O) groups is 1. The van der Waals surface area contributed by atoms with Gasteiger partial charge in [0, 0.05) is 12.8 Å². The van der Waals surface area contributed by atoms with Crippen LogP contribution in [-0.4, -0.2) is 12.1 Å². The summed E-state index contributed by atoms with van der Waals surface area (Å²) < 4.78 is 5.38. The second-order valence-corrected chi connectivity index (χ2v) is 4.95. The Hall–Kier alpha value is -0.790. The van der Waals surface area contributed by atoms with Gasteiger partial charge in [-0.2, -0.15) is 0 Å². The molecule has 3 rings (SSSR count). The average molecular weight is 192 g/mol. The van der Waals surface area contributed by atoms with Gasteiger partial charge in [-0.1, -0.05) is 12.2 Å². The van der Waals surface area contributed by atoms with Crippen molar-refractivity contribution in [2.75, 3.05) is 0 Å². The zero-order valence-electron chi connectivity index (χ0n) is 8.48. The quantitative estimate of drug-likeness (QED) is 0.470. The van der Waals surface area contributed by atoms with E-state index >= 15 is 0 Å². The van der Waals surface area contributed by atoms with Gasteiger partial charge in [0.2, 0.25) is 0 Å². The highest BCUT2D eigenvalue weighted by molar-refractivity contribution is 5.66. The van der Waals surface area contributed by atoms with Crippen LogP contribution in [0, 0.1) is 23.7 Å².